The van der Waals surface area contributed by atoms with Crippen LogP contribution in [0.25, 0.3) is 10.9 Å². The van der Waals surface area contributed by atoms with Crippen LogP contribution >= 0.6 is 19.4 Å². The Labute approximate surface area is 265 Å². The van der Waals surface area contributed by atoms with Crippen molar-refractivity contribution in [3.8, 4) is 11.5 Å². The minimum atomic E-state index is -4.49. The third-order valence-electron chi connectivity index (χ3n) is 7.35. The maximum Gasteiger partial charge on any atom is 0.469 e. The third kappa shape index (κ3) is 9.10. The van der Waals surface area contributed by atoms with E-state index in [2.05, 4.69) is 35.0 Å². The van der Waals surface area contributed by atoms with Gasteiger partial charge >= 0.3 is 7.82 Å². The molecule has 1 saturated carbocycles. The Bertz CT molecular complexity index is 1670. The molecule has 1 amide bonds. The molecule has 0 radical (unpaired) electrons. The summed E-state index contributed by atoms with van der Waals surface area (Å²) in [6.07, 6.45) is 7.01. The zero-order valence-corrected chi connectivity index (χ0v) is 26.2. The number of phosphoric acid groups is 1. The van der Waals surface area contributed by atoms with E-state index in [9.17, 15) is 9.36 Å². The quantitative estimate of drug-likeness (QED) is 0.0949. The molecule has 0 aliphatic heterocycles. The lowest BCUT2D eigenvalue weighted by molar-refractivity contribution is 0.0903. The van der Waals surface area contributed by atoms with Crippen molar-refractivity contribution >= 4 is 53.6 Å². The maximum absolute atomic E-state index is 12.5. The number of pyridine rings is 1. The molecular weight excluding hydrogens is 623 g/mol. The SMILES string of the molecule is COc1cc2c(Nc3ccc(NC(=O)c4cccc(Cl)c4)nc3)ncnc2cc1OCCCN(CCOP(=O)(O)O)C1CCC1. The molecule has 0 bridgehead atoms. The minimum absolute atomic E-state index is 0.0308. The molecule has 4 N–H and O–H groups in total. The van der Waals surface area contributed by atoms with E-state index >= 15 is 0 Å². The summed E-state index contributed by atoms with van der Waals surface area (Å²) in [4.78, 5) is 45.8. The summed E-state index contributed by atoms with van der Waals surface area (Å²) >= 11 is 5.99. The van der Waals surface area contributed by atoms with Crippen molar-refractivity contribution in [2.75, 3.05) is 44.0 Å². The normalized spacial score (nSPS) is 13.4. The van der Waals surface area contributed by atoms with Crippen LogP contribution in [-0.4, -0.2) is 75.0 Å². The van der Waals surface area contributed by atoms with E-state index in [4.69, 9.17) is 30.9 Å². The van der Waals surface area contributed by atoms with Crippen molar-refractivity contribution in [1.82, 2.24) is 19.9 Å². The van der Waals surface area contributed by atoms with E-state index < -0.39 is 7.82 Å². The van der Waals surface area contributed by atoms with Crippen LogP contribution in [0.4, 0.5) is 17.3 Å². The van der Waals surface area contributed by atoms with Gasteiger partial charge in [0.15, 0.2) is 11.5 Å². The predicted octanol–water partition coefficient (Wildman–Crippen LogP) is 5.42. The second-order valence-corrected chi connectivity index (χ2v) is 12.1. The van der Waals surface area contributed by atoms with Gasteiger partial charge in [-0.3, -0.25) is 14.2 Å². The molecule has 4 aromatic rings. The van der Waals surface area contributed by atoms with Gasteiger partial charge in [-0.1, -0.05) is 24.1 Å². The molecule has 2 aromatic heterocycles. The van der Waals surface area contributed by atoms with Crippen molar-refractivity contribution in [3.63, 3.8) is 0 Å². The number of phosphoric ester groups is 1. The Morgan fingerprint density at radius 1 is 1.07 bits per heavy atom. The van der Waals surface area contributed by atoms with E-state index in [1.165, 1.54) is 6.33 Å². The van der Waals surface area contributed by atoms with Gasteiger partial charge in [-0.15, -0.1) is 0 Å². The summed E-state index contributed by atoms with van der Waals surface area (Å²) < 4.78 is 27.4. The average molecular weight is 657 g/mol. The summed E-state index contributed by atoms with van der Waals surface area (Å²) in [5, 5.41) is 7.18. The monoisotopic (exact) mass is 656 g/mol. The number of nitrogens with zero attached hydrogens (tertiary/aromatic N) is 4. The van der Waals surface area contributed by atoms with E-state index in [1.54, 1.807) is 61.8 Å². The fraction of sp³-hybridized carbons (Fsp3) is 0.333. The molecule has 13 nitrogen and oxygen atoms in total. The Balaban J connectivity index is 1.20. The molecule has 1 aliphatic rings. The van der Waals surface area contributed by atoms with Gasteiger partial charge in [0.2, 0.25) is 0 Å². The van der Waals surface area contributed by atoms with Gasteiger partial charge in [0, 0.05) is 41.2 Å². The summed E-state index contributed by atoms with van der Waals surface area (Å²) in [5.41, 5.74) is 1.72. The second-order valence-electron chi connectivity index (χ2n) is 10.4. The average Bonchev–Trinajstić information content (AvgIpc) is 2.98. The van der Waals surface area contributed by atoms with Gasteiger partial charge in [-0.05, 0) is 55.7 Å². The molecular formula is C30H34ClN6O7P. The number of benzene rings is 2. The van der Waals surface area contributed by atoms with Crippen molar-refractivity contribution in [2.24, 2.45) is 0 Å². The number of hydrogen-bond donors (Lipinski definition) is 4. The third-order valence-corrected chi connectivity index (χ3v) is 8.11. The van der Waals surface area contributed by atoms with Gasteiger partial charge in [0.05, 0.1) is 37.7 Å². The number of aromatic nitrogens is 3. The highest BCUT2D eigenvalue weighted by molar-refractivity contribution is 7.46. The smallest absolute Gasteiger partial charge is 0.469 e. The first-order valence-electron chi connectivity index (χ1n) is 14.4. The number of methoxy groups -OCH3 is 1. The summed E-state index contributed by atoms with van der Waals surface area (Å²) in [6, 6.07) is 14.1. The molecule has 0 spiro atoms. The molecule has 5 rings (SSSR count). The largest absolute Gasteiger partial charge is 0.493 e. The molecule has 2 heterocycles. The highest BCUT2D eigenvalue weighted by Crippen LogP contribution is 2.36. The molecule has 0 atom stereocenters. The first-order valence-corrected chi connectivity index (χ1v) is 16.3. The van der Waals surface area contributed by atoms with Gasteiger partial charge in [-0.2, -0.15) is 0 Å². The lowest BCUT2D eigenvalue weighted by Crippen LogP contribution is -2.42. The lowest BCUT2D eigenvalue weighted by atomic mass is 9.91. The minimum Gasteiger partial charge on any atom is -0.493 e. The van der Waals surface area contributed by atoms with Gasteiger partial charge in [0.1, 0.15) is 18.0 Å². The molecule has 1 fully saturated rings. The number of halogens is 1. The van der Waals surface area contributed by atoms with Crippen molar-refractivity contribution in [1.29, 1.82) is 0 Å². The van der Waals surface area contributed by atoms with Crippen molar-refractivity contribution in [2.45, 2.75) is 31.7 Å². The predicted molar refractivity (Wildman–Crippen MR) is 170 cm³/mol. The number of amides is 1. The zero-order chi connectivity index (χ0) is 31.8. The molecule has 15 heteroatoms. The number of carbonyl (C=O) groups is 1. The first-order chi connectivity index (χ1) is 21.7. The number of hydrogen-bond acceptors (Lipinski definition) is 10. The second kappa shape index (κ2) is 15.0. The zero-order valence-electron chi connectivity index (χ0n) is 24.6. The van der Waals surface area contributed by atoms with Crippen LogP contribution in [0, 0.1) is 0 Å². The fourth-order valence-electron chi connectivity index (χ4n) is 4.89. The number of anilines is 3. The highest BCUT2D eigenvalue weighted by Gasteiger charge is 2.25. The molecule has 1 aliphatic carbocycles. The van der Waals surface area contributed by atoms with Crippen molar-refractivity contribution < 1.29 is 33.1 Å². The topological polar surface area (TPSA) is 168 Å². The van der Waals surface area contributed by atoms with Crippen molar-refractivity contribution in [3.05, 3.63) is 71.6 Å². The van der Waals surface area contributed by atoms with Crippen LogP contribution in [0.1, 0.15) is 36.0 Å². The molecule has 45 heavy (non-hydrogen) atoms. The Morgan fingerprint density at radius 2 is 1.91 bits per heavy atom. The Kier molecular flexibility index (Phi) is 10.8. The van der Waals surface area contributed by atoms with E-state index in [0.717, 1.165) is 19.3 Å². The lowest BCUT2D eigenvalue weighted by Gasteiger charge is -2.37. The molecule has 2 aromatic carbocycles. The number of rotatable bonds is 15. The van der Waals surface area contributed by atoms with E-state index in [1.807, 2.05) is 0 Å². The van der Waals surface area contributed by atoms with E-state index in [0.29, 0.717) is 82.5 Å². The fourth-order valence-corrected chi connectivity index (χ4v) is 5.40. The standard InChI is InChI=1S/C30H34ClN6O7P/c1-42-26-16-24-25(17-27(26)43-13-4-11-37(23-7-3-8-23)12-14-44-45(39,40)41)33-19-34-29(24)35-22-9-10-28(32-18-22)36-30(38)20-5-2-6-21(31)15-20/h2,5-6,9-10,15-19,23H,3-4,7-8,11-14H2,1H3,(H,32,36,38)(H,33,34,35)(H2,39,40,41). The van der Waals surface area contributed by atoms with E-state index in [-0.39, 0.29) is 12.5 Å². The number of nitrogens with one attached hydrogen (secondary N) is 2. The van der Waals surface area contributed by atoms with Crippen LogP contribution in [0.2, 0.25) is 5.02 Å². The summed E-state index contributed by atoms with van der Waals surface area (Å²) in [5.74, 6) is 1.66. The first kappa shape index (κ1) is 32.6. The number of ether oxygens (including phenoxy) is 2. The van der Waals surface area contributed by atoms with Crippen LogP contribution in [-0.2, 0) is 9.09 Å². The van der Waals surface area contributed by atoms with Gasteiger partial charge in [0.25, 0.3) is 5.91 Å². The van der Waals surface area contributed by atoms with Crippen LogP contribution in [0.15, 0.2) is 61.1 Å². The van der Waals surface area contributed by atoms with Crippen LogP contribution in [0.3, 0.4) is 0 Å². The summed E-state index contributed by atoms with van der Waals surface area (Å²) in [7, 11) is -2.93. The van der Waals surface area contributed by atoms with Crippen LogP contribution < -0.4 is 20.1 Å². The summed E-state index contributed by atoms with van der Waals surface area (Å²) in [6.45, 7) is 1.53. The number of carbonyl (C=O) groups excluding carboxylic acids is 1. The molecule has 0 saturated heterocycles. The maximum atomic E-state index is 12.5. The van der Waals surface area contributed by atoms with Gasteiger partial charge < -0.3 is 29.9 Å². The molecule has 0 unspecified atom stereocenters. The van der Waals surface area contributed by atoms with Crippen LogP contribution in [0.5, 0.6) is 11.5 Å². The van der Waals surface area contributed by atoms with Gasteiger partial charge in [-0.25, -0.2) is 19.5 Å². The Hall–Kier alpha value is -3.84. The molecule has 238 valence electrons. The Morgan fingerprint density at radius 3 is 2.60 bits per heavy atom. The number of fused-ring (bicyclic) bond motifs is 1. The highest BCUT2D eigenvalue weighted by atomic mass is 35.5.